The molecule has 0 radical (unpaired) electrons. The summed E-state index contributed by atoms with van der Waals surface area (Å²) in [6.07, 6.45) is 4.98. The van der Waals surface area contributed by atoms with Gasteiger partial charge in [0.05, 0.1) is 13.0 Å². The predicted molar refractivity (Wildman–Crippen MR) is 103 cm³/mol. The van der Waals surface area contributed by atoms with Gasteiger partial charge in [0.1, 0.15) is 17.9 Å². The fourth-order valence-corrected chi connectivity index (χ4v) is 4.37. The maximum absolute atomic E-state index is 13.0. The molecule has 4 rings (SSSR count). The van der Waals surface area contributed by atoms with Gasteiger partial charge in [-0.3, -0.25) is 4.79 Å². The summed E-state index contributed by atoms with van der Waals surface area (Å²) in [7, 11) is 0. The van der Waals surface area contributed by atoms with Gasteiger partial charge in [0.25, 0.3) is 0 Å². The lowest BCUT2D eigenvalue weighted by molar-refractivity contribution is -0.131. The van der Waals surface area contributed by atoms with Crippen molar-refractivity contribution in [3.63, 3.8) is 0 Å². The van der Waals surface area contributed by atoms with Crippen molar-refractivity contribution < 1.29 is 9.53 Å². The van der Waals surface area contributed by atoms with Crippen molar-refractivity contribution in [1.82, 2.24) is 19.7 Å². The summed E-state index contributed by atoms with van der Waals surface area (Å²) in [6.45, 7) is 6.38. The Morgan fingerprint density at radius 2 is 2.26 bits per heavy atom. The van der Waals surface area contributed by atoms with Gasteiger partial charge in [-0.15, -0.1) is 10.2 Å². The third-order valence-corrected chi connectivity index (χ3v) is 5.68. The number of piperidine rings is 1. The fraction of sp³-hybridized carbons (Fsp3) is 0.550. The minimum absolute atomic E-state index is 0.121. The summed E-state index contributed by atoms with van der Waals surface area (Å²) in [5, 5.41) is 9.09. The maximum atomic E-state index is 13.0. The minimum atomic E-state index is 0.121. The van der Waals surface area contributed by atoms with E-state index in [1.54, 1.807) is 6.33 Å². The first-order valence-electron chi connectivity index (χ1n) is 9.64. The number of amides is 1. The Kier molecular flexibility index (Phi) is 5.08. The molecule has 0 spiro atoms. The van der Waals surface area contributed by atoms with Crippen molar-refractivity contribution in [3.05, 3.63) is 40.4 Å². The van der Waals surface area contributed by atoms with Crippen LogP contribution < -0.4 is 4.74 Å². The third kappa shape index (κ3) is 3.68. The average Bonchev–Trinajstić information content (AvgIpc) is 3.31. The normalized spacial score (nSPS) is 19.3. The van der Waals surface area contributed by atoms with Crippen LogP contribution in [-0.2, 0) is 17.6 Å². The van der Waals surface area contributed by atoms with E-state index in [4.69, 9.17) is 16.3 Å². The van der Waals surface area contributed by atoms with Crippen LogP contribution in [0.15, 0.2) is 18.5 Å². The molecule has 2 aromatic rings. The zero-order valence-corrected chi connectivity index (χ0v) is 16.6. The number of halogens is 1. The van der Waals surface area contributed by atoms with Crippen LogP contribution in [0, 0.1) is 0 Å². The Hall–Kier alpha value is -2.08. The van der Waals surface area contributed by atoms with Crippen LogP contribution >= 0.6 is 11.6 Å². The van der Waals surface area contributed by atoms with Crippen molar-refractivity contribution in [2.75, 3.05) is 19.7 Å². The summed E-state index contributed by atoms with van der Waals surface area (Å²) >= 11 is 6.24. The lowest BCUT2D eigenvalue weighted by atomic mass is 9.96. The molecule has 1 aromatic heterocycles. The monoisotopic (exact) mass is 388 g/mol. The smallest absolute Gasteiger partial charge is 0.227 e. The molecular weight excluding hydrogens is 364 g/mol. The molecule has 2 aliphatic rings. The molecule has 0 bridgehead atoms. The Labute approximate surface area is 164 Å². The van der Waals surface area contributed by atoms with E-state index < -0.39 is 0 Å². The summed E-state index contributed by atoms with van der Waals surface area (Å²) in [5.74, 6) is 2.18. The van der Waals surface area contributed by atoms with E-state index in [0.717, 1.165) is 48.5 Å². The van der Waals surface area contributed by atoms with Gasteiger partial charge in [-0.05, 0) is 44.4 Å². The van der Waals surface area contributed by atoms with E-state index >= 15 is 0 Å². The number of aromatic nitrogens is 3. The molecular formula is C20H25ClN4O2. The molecule has 7 heteroatoms. The van der Waals surface area contributed by atoms with E-state index in [2.05, 4.69) is 28.6 Å². The van der Waals surface area contributed by atoms with Crippen molar-refractivity contribution in [2.24, 2.45) is 0 Å². The van der Waals surface area contributed by atoms with Crippen molar-refractivity contribution >= 4 is 17.5 Å². The van der Waals surface area contributed by atoms with Crippen LogP contribution in [0.25, 0.3) is 0 Å². The molecule has 0 saturated carbocycles. The number of fused-ring (bicyclic) bond motifs is 1. The first-order valence-corrected chi connectivity index (χ1v) is 10.0. The Morgan fingerprint density at radius 3 is 3.07 bits per heavy atom. The fourth-order valence-electron chi connectivity index (χ4n) is 4.11. The maximum Gasteiger partial charge on any atom is 0.227 e. The predicted octanol–water partition coefficient (Wildman–Crippen LogP) is 3.40. The Morgan fingerprint density at radius 1 is 1.41 bits per heavy atom. The van der Waals surface area contributed by atoms with Crippen LogP contribution in [0.5, 0.6) is 5.75 Å². The first-order chi connectivity index (χ1) is 13.0. The highest BCUT2D eigenvalue weighted by atomic mass is 35.5. The lowest BCUT2D eigenvalue weighted by Crippen LogP contribution is -2.40. The van der Waals surface area contributed by atoms with E-state index in [0.29, 0.717) is 30.6 Å². The summed E-state index contributed by atoms with van der Waals surface area (Å²) in [4.78, 5) is 15.0. The second-order valence-corrected chi connectivity index (χ2v) is 8.13. The summed E-state index contributed by atoms with van der Waals surface area (Å²) < 4.78 is 7.85. The van der Waals surface area contributed by atoms with Crippen LogP contribution in [-0.4, -0.2) is 45.3 Å². The summed E-state index contributed by atoms with van der Waals surface area (Å²) in [5.41, 5.74) is 2.00. The van der Waals surface area contributed by atoms with Crippen LogP contribution in [0.3, 0.4) is 0 Å². The van der Waals surface area contributed by atoms with Gasteiger partial charge < -0.3 is 14.2 Å². The Balaban J connectivity index is 1.49. The van der Waals surface area contributed by atoms with Gasteiger partial charge >= 0.3 is 0 Å². The van der Waals surface area contributed by atoms with Gasteiger partial charge in [-0.25, -0.2) is 0 Å². The number of benzene rings is 1. The lowest BCUT2D eigenvalue weighted by Gasteiger charge is -2.33. The molecule has 1 amide bonds. The number of carbonyl (C=O) groups excluding carboxylic acids is 1. The van der Waals surface area contributed by atoms with Crippen molar-refractivity contribution in [1.29, 1.82) is 0 Å². The summed E-state index contributed by atoms with van der Waals surface area (Å²) in [6, 6.07) is 4.11. The SMILES string of the molecule is CC(C)n1cnnc1C1CCCN(C(=O)Cc2cc(Cl)cc3c2OCC3)C1. The van der Waals surface area contributed by atoms with Crippen LogP contribution in [0.2, 0.25) is 5.02 Å². The average molecular weight is 389 g/mol. The van der Waals surface area contributed by atoms with E-state index in [9.17, 15) is 4.79 Å². The number of likely N-dealkylation sites (tertiary alicyclic amines) is 1. The molecule has 1 atom stereocenters. The minimum Gasteiger partial charge on any atom is -0.493 e. The molecule has 1 saturated heterocycles. The first kappa shape index (κ1) is 18.3. The van der Waals surface area contributed by atoms with E-state index in [1.807, 2.05) is 17.0 Å². The van der Waals surface area contributed by atoms with Gasteiger partial charge in [0.15, 0.2) is 0 Å². The number of ether oxygens (including phenoxy) is 1. The highest BCUT2D eigenvalue weighted by molar-refractivity contribution is 6.30. The number of hydrogen-bond acceptors (Lipinski definition) is 4. The number of carbonyl (C=O) groups is 1. The second kappa shape index (κ2) is 7.50. The van der Waals surface area contributed by atoms with Crippen molar-refractivity contribution in [3.8, 4) is 5.75 Å². The number of nitrogens with zero attached hydrogens (tertiary/aromatic N) is 4. The topological polar surface area (TPSA) is 60.2 Å². The molecule has 144 valence electrons. The molecule has 2 aliphatic heterocycles. The third-order valence-electron chi connectivity index (χ3n) is 5.46. The van der Waals surface area contributed by atoms with Gasteiger partial charge in [0.2, 0.25) is 5.91 Å². The highest BCUT2D eigenvalue weighted by Gasteiger charge is 2.29. The highest BCUT2D eigenvalue weighted by Crippen LogP contribution is 2.34. The molecule has 1 unspecified atom stereocenters. The standard InChI is InChI=1S/C20H25ClN4O2/c1-13(2)25-12-22-23-20(25)15-4-3-6-24(11-15)18(26)10-16-9-17(21)8-14-5-7-27-19(14)16/h8-9,12-13,15H,3-7,10-11H2,1-2H3. The number of hydrogen-bond donors (Lipinski definition) is 0. The molecule has 0 N–H and O–H groups in total. The quantitative estimate of drug-likeness (QED) is 0.805. The van der Waals surface area contributed by atoms with Gasteiger partial charge in [-0.1, -0.05) is 11.6 Å². The number of rotatable bonds is 4. The zero-order chi connectivity index (χ0) is 19.0. The second-order valence-electron chi connectivity index (χ2n) is 7.70. The largest absolute Gasteiger partial charge is 0.493 e. The van der Waals surface area contributed by atoms with Crippen molar-refractivity contribution in [2.45, 2.75) is 51.5 Å². The van der Waals surface area contributed by atoms with Gasteiger partial charge in [-0.2, -0.15) is 0 Å². The van der Waals surface area contributed by atoms with Crippen LogP contribution in [0.1, 0.15) is 55.6 Å². The van der Waals surface area contributed by atoms with E-state index in [-0.39, 0.29) is 11.8 Å². The molecule has 6 nitrogen and oxygen atoms in total. The Bertz CT molecular complexity index is 849. The molecule has 1 aromatic carbocycles. The van der Waals surface area contributed by atoms with Crippen LogP contribution in [0.4, 0.5) is 0 Å². The van der Waals surface area contributed by atoms with E-state index in [1.165, 1.54) is 0 Å². The molecule has 27 heavy (non-hydrogen) atoms. The van der Waals surface area contributed by atoms with Gasteiger partial charge in [0, 0.05) is 42.1 Å². The molecule has 3 heterocycles. The molecule has 0 aliphatic carbocycles. The molecule has 1 fully saturated rings. The zero-order valence-electron chi connectivity index (χ0n) is 15.8.